The van der Waals surface area contributed by atoms with Gasteiger partial charge in [0.15, 0.2) is 6.61 Å². The number of aromatic hydroxyl groups is 1. The number of hydrogen-bond acceptors (Lipinski definition) is 7. The molecule has 1 saturated heterocycles. The van der Waals surface area contributed by atoms with E-state index in [1.54, 1.807) is 17.0 Å². The van der Waals surface area contributed by atoms with Crippen molar-refractivity contribution in [1.29, 1.82) is 0 Å². The van der Waals surface area contributed by atoms with Crippen molar-refractivity contribution < 1.29 is 24.3 Å². The van der Waals surface area contributed by atoms with Gasteiger partial charge in [0.25, 0.3) is 5.91 Å². The number of carbonyl (C=O) groups is 2. The molecular weight excluding hydrogens is 422 g/mol. The lowest BCUT2D eigenvalue weighted by molar-refractivity contribution is -0.136. The van der Waals surface area contributed by atoms with Gasteiger partial charge < -0.3 is 24.9 Å². The third-order valence-corrected chi connectivity index (χ3v) is 5.58. The Morgan fingerprint density at radius 2 is 1.94 bits per heavy atom. The van der Waals surface area contributed by atoms with Crippen LogP contribution >= 0.6 is 0 Å². The number of phenolic OH excluding ortho intramolecular Hbond substituents is 1. The van der Waals surface area contributed by atoms with Gasteiger partial charge in [0.1, 0.15) is 5.75 Å². The number of hydrogen-bond donors (Lipinski definition) is 2. The number of ether oxygens (including phenoxy) is 1. The minimum atomic E-state index is -0.412. The number of carbonyl (C=O) groups excluding carboxylic acids is 2. The number of amides is 1. The molecule has 3 rings (SSSR count). The summed E-state index contributed by atoms with van der Waals surface area (Å²) in [5, 5.41) is 17.7. The Morgan fingerprint density at radius 1 is 1.18 bits per heavy atom. The molecule has 0 spiro atoms. The molecule has 0 unspecified atom stereocenters. The number of nitrogens with one attached hydrogen (secondary N) is 1. The molecule has 178 valence electrons. The molecule has 2 aliphatic heterocycles. The zero-order valence-corrected chi connectivity index (χ0v) is 19.2. The summed E-state index contributed by atoms with van der Waals surface area (Å²) in [4.78, 5) is 32.4. The van der Waals surface area contributed by atoms with Crippen LogP contribution in [0.25, 0.3) is 0 Å². The first-order valence-electron chi connectivity index (χ1n) is 11.6. The largest absolute Gasteiger partial charge is 0.508 e. The highest BCUT2D eigenvalue weighted by Gasteiger charge is 2.20. The van der Waals surface area contributed by atoms with Crippen LogP contribution in [-0.2, 0) is 27.2 Å². The molecule has 1 aromatic rings. The molecule has 0 saturated carbocycles. The van der Waals surface area contributed by atoms with Gasteiger partial charge in [0.05, 0.1) is 17.9 Å². The van der Waals surface area contributed by atoms with Gasteiger partial charge in [-0.15, -0.1) is 0 Å². The number of allylic oxidation sites excluding steroid dienone is 3. The van der Waals surface area contributed by atoms with E-state index in [9.17, 15) is 14.7 Å². The number of aryl methyl sites for hydroxylation is 1. The van der Waals surface area contributed by atoms with E-state index in [4.69, 9.17) is 9.57 Å². The van der Waals surface area contributed by atoms with Crippen LogP contribution in [-0.4, -0.2) is 67.0 Å². The van der Waals surface area contributed by atoms with Crippen LogP contribution < -0.4 is 5.32 Å². The van der Waals surface area contributed by atoms with Crippen molar-refractivity contribution in [3.05, 3.63) is 53.1 Å². The lowest BCUT2D eigenvalue weighted by Crippen LogP contribution is -2.47. The average molecular weight is 456 g/mol. The maximum atomic E-state index is 12.9. The Morgan fingerprint density at radius 3 is 2.73 bits per heavy atom. The maximum Gasteiger partial charge on any atom is 0.338 e. The first kappa shape index (κ1) is 24.5. The molecule has 2 N–H and O–H groups in total. The van der Waals surface area contributed by atoms with Crippen LogP contribution in [0.3, 0.4) is 0 Å². The van der Waals surface area contributed by atoms with Crippen LogP contribution in [0.4, 0.5) is 0 Å². The second-order valence-corrected chi connectivity index (χ2v) is 8.03. The maximum absolute atomic E-state index is 12.9. The van der Waals surface area contributed by atoms with Crippen molar-refractivity contribution in [2.45, 2.75) is 39.0 Å². The summed E-state index contributed by atoms with van der Waals surface area (Å²) in [6.07, 6.45) is 11.1. The predicted octanol–water partition coefficient (Wildman–Crippen LogP) is 2.75. The first-order chi connectivity index (χ1) is 16.1. The number of benzene rings is 1. The first-order valence-corrected chi connectivity index (χ1v) is 11.6. The standard InChI is InChI=1S/C25H33N3O5/c1-2-19-16-22(29)17-20-15-21(27-33-18-23(30)28-12-10-26-11-13-28)9-7-5-3-4-6-8-14-32-25(31)24(19)20/h4,6-7,9,16-17,26,29H,2-3,5,8,10-15,18H2,1H3/b6-4+,9-7+,27-21-. The van der Waals surface area contributed by atoms with E-state index in [-0.39, 0.29) is 24.7 Å². The Balaban J connectivity index is 1.83. The minimum Gasteiger partial charge on any atom is -0.508 e. The van der Waals surface area contributed by atoms with Gasteiger partial charge in [-0.25, -0.2) is 4.79 Å². The summed E-state index contributed by atoms with van der Waals surface area (Å²) in [5.74, 6) is -0.434. The van der Waals surface area contributed by atoms with Crippen molar-refractivity contribution >= 4 is 17.6 Å². The topological polar surface area (TPSA) is 100 Å². The molecule has 2 heterocycles. The quantitative estimate of drug-likeness (QED) is 0.411. The Labute approximate surface area is 194 Å². The molecule has 33 heavy (non-hydrogen) atoms. The molecule has 0 radical (unpaired) electrons. The summed E-state index contributed by atoms with van der Waals surface area (Å²) in [6, 6.07) is 3.16. The third-order valence-electron chi connectivity index (χ3n) is 5.58. The highest BCUT2D eigenvalue weighted by molar-refractivity contribution is 6.00. The van der Waals surface area contributed by atoms with E-state index in [1.807, 2.05) is 25.2 Å². The molecule has 1 fully saturated rings. The Hall–Kier alpha value is -3.13. The lowest BCUT2D eigenvalue weighted by Gasteiger charge is -2.26. The molecular formula is C25H33N3O5. The lowest BCUT2D eigenvalue weighted by atomic mass is 9.94. The van der Waals surface area contributed by atoms with E-state index < -0.39 is 5.97 Å². The van der Waals surface area contributed by atoms with E-state index in [1.165, 1.54) is 0 Å². The third kappa shape index (κ3) is 7.46. The van der Waals surface area contributed by atoms with Gasteiger partial charge in [-0.2, -0.15) is 0 Å². The fourth-order valence-corrected chi connectivity index (χ4v) is 3.86. The number of esters is 1. The van der Waals surface area contributed by atoms with Crippen molar-refractivity contribution in [3.63, 3.8) is 0 Å². The molecule has 1 aromatic carbocycles. The fraction of sp³-hybridized carbons (Fsp3) is 0.480. The van der Waals surface area contributed by atoms with Gasteiger partial charge in [-0.3, -0.25) is 4.79 Å². The normalized spacial score (nSPS) is 20.9. The number of phenols is 1. The van der Waals surface area contributed by atoms with Gasteiger partial charge in [-0.05, 0) is 55.0 Å². The zero-order chi connectivity index (χ0) is 23.5. The molecule has 1 amide bonds. The van der Waals surface area contributed by atoms with Crippen LogP contribution in [0.2, 0.25) is 0 Å². The Kier molecular flexibility index (Phi) is 9.50. The fourth-order valence-electron chi connectivity index (χ4n) is 3.86. The summed E-state index contributed by atoms with van der Waals surface area (Å²) >= 11 is 0. The second-order valence-electron chi connectivity index (χ2n) is 8.03. The summed E-state index contributed by atoms with van der Waals surface area (Å²) in [7, 11) is 0. The summed E-state index contributed by atoms with van der Waals surface area (Å²) in [5.41, 5.74) is 2.35. The van der Waals surface area contributed by atoms with E-state index in [0.717, 1.165) is 31.5 Å². The van der Waals surface area contributed by atoms with Gasteiger partial charge in [0, 0.05) is 32.6 Å². The summed E-state index contributed by atoms with van der Waals surface area (Å²) < 4.78 is 5.49. The molecule has 0 atom stereocenters. The smallest absolute Gasteiger partial charge is 0.338 e. The van der Waals surface area contributed by atoms with E-state index in [0.29, 0.717) is 49.4 Å². The molecule has 2 aliphatic rings. The zero-order valence-electron chi connectivity index (χ0n) is 19.2. The summed E-state index contributed by atoms with van der Waals surface area (Å²) in [6.45, 7) is 4.93. The molecule has 8 heteroatoms. The van der Waals surface area contributed by atoms with Crippen molar-refractivity contribution in [1.82, 2.24) is 10.2 Å². The molecule has 0 bridgehead atoms. The van der Waals surface area contributed by atoms with Crippen LogP contribution in [0.5, 0.6) is 5.75 Å². The minimum absolute atomic E-state index is 0.0839. The van der Waals surface area contributed by atoms with Gasteiger partial charge in [0.2, 0.25) is 0 Å². The number of cyclic esters (lactones) is 1. The van der Waals surface area contributed by atoms with Crippen LogP contribution in [0.1, 0.15) is 47.7 Å². The molecule has 0 aliphatic carbocycles. The molecule has 8 nitrogen and oxygen atoms in total. The number of piperazine rings is 1. The van der Waals surface area contributed by atoms with Crippen LogP contribution in [0, 0.1) is 0 Å². The van der Waals surface area contributed by atoms with Crippen molar-refractivity contribution in [2.24, 2.45) is 5.16 Å². The highest BCUT2D eigenvalue weighted by Crippen LogP contribution is 2.25. The highest BCUT2D eigenvalue weighted by atomic mass is 16.6. The van der Waals surface area contributed by atoms with Gasteiger partial charge >= 0.3 is 5.97 Å². The van der Waals surface area contributed by atoms with Crippen molar-refractivity contribution in [3.8, 4) is 5.75 Å². The van der Waals surface area contributed by atoms with Crippen LogP contribution in [0.15, 0.2) is 41.6 Å². The number of oxime groups is 1. The SMILES string of the molecule is CCc1cc(O)cc2c1C(=O)OCC/C=C/CC/C=C/C(=N/OCC(=O)N1CCNCC1)C2. The number of rotatable bonds is 4. The monoisotopic (exact) mass is 455 g/mol. The van der Waals surface area contributed by atoms with Gasteiger partial charge in [-0.1, -0.05) is 30.3 Å². The number of nitrogens with zero attached hydrogens (tertiary/aromatic N) is 2. The van der Waals surface area contributed by atoms with E-state index >= 15 is 0 Å². The molecule has 0 aromatic heterocycles. The predicted molar refractivity (Wildman–Crippen MR) is 126 cm³/mol. The van der Waals surface area contributed by atoms with E-state index in [2.05, 4.69) is 16.5 Å². The Bertz CT molecular complexity index is 917. The number of fused-ring (bicyclic) bond motifs is 1. The van der Waals surface area contributed by atoms with Crippen molar-refractivity contribution in [2.75, 3.05) is 39.4 Å². The average Bonchev–Trinajstić information content (AvgIpc) is 2.82. The second kappa shape index (κ2) is 12.8.